The normalized spacial score (nSPS) is 21.7. The van der Waals surface area contributed by atoms with Crippen molar-refractivity contribution in [2.75, 3.05) is 0 Å². The highest BCUT2D eigenvalue weighted by Gasteiger charge is 2.51. The maximum Gasteiger partial charge on any atom is 0.331 e. The minimum atomic E-state index is -1.45. The smallest absolute Gasteiger partial charge is 0.331 e. The third kappa shape index (κ3) is 9.82. The van der Waals surface area contributed by atoms with Crippen molar-refractivity contribution >= 4 is 35.7 Å². The Kier molecular flexibility index (Phi) is 11.9. The topological polar surface area (TPSA) is 203 Å². The van der Waals surface area contributed by atoms with E-state index in [1.807, 2.05) is 6.07 Å². The van der Waals surface area contributed by atoms with Gasteiger partial charge in [-0.1, -0.05) is 35.5 Å². The third-order valence-electron chi connectivity index (χ3n) is 6.74. The first-order valence-electron chi connectivity index (χ1n) is 14.5. The highest BCUT2D eigenvalue weighted by atomic mass is 16.7. The van der Waals surface area contributed by atoms with Crippen LogP contribution in [0.1, 0.15) is 66.0 Å². The van der Waals surface area contributed by atoms with Crippen LogP contribution in [0.2, 0.25) is 0 Å². The van der Waals surface area contributed by atoms with Gasteiger partial charge in [0.1, 0.15) is 18.2 Å². The summed E-state index contributed by atoms with van der Waals surface area (Å²) in [6.07, 6.45) is -4.48. The Morgan fingerprint density at radius 1 is 0.913 bits per heavy atom. The standard InChI is InChI=1S/C30H39N5O11/c1-16-24(44-18(3)37)25(45-19(4)38)26(46-20(5)39)28(43-16)35-14-22(33-34-35)13-23(31-17(2)36)27(40)32-30(6,7)29(41)42-15-21-11-9-8-10-12-21/h8-12,14,16,23-26,28H,13,15H2,1-7H3,(H,31,36)(H,32,40)/t16-,23-,24+,25+,26-,28-/m0/s1. The summed E-state index contributed by atoms with van der Waals surface area (Å²) < 4.78 is 28.8. The predicted octanol–water partition coefficient (Wildman–Crippen LogP) is 0.676. The van der Waals surface area contributed by atoms with Crippen LogP contribution in [0, 0.1) is 0 Å². The van der Waals surface area contributed by atoms with Crippen LogP contribution in [0.25, 0.3) is 0 Å². The molecule has 0 unspecified atom stereocenters. The van der Waals surface area contributed by atoms with Crippen LogP contribution in [0.5, 0.6) is 0 Å². The maximum atomic E-state index is 13.3. The second-order valence-electron chi connectivity index (χ2n) is 11.3. The average molecular weight is 646 g/mol. The summed E-state index contributed by atoms with van der Waals surface area (Å²) in [5, 5.41) is 13.3. The van der Waals surface area contributed by atoms with Gasteiger partial charge < -0.3 is 34.3 Å². The van der Waals surface area contributed by atoms with Crippen LogP contribution in [-0.4, -0.2) is 86.7 Å². The summed E-state index contributed by atoms with van der Waals surface area (Å²) in [5.41, 5.74) is -0.471. The Labute approximate surface area is 265 Å². The summed E-state index contributed by atoms with van der Waals surface area (Å²) >= 11 is 0. The van der Waals surface area contributed by atoms with Crippen LogP contribution >= 0.6 is 0 Å². The molecule has 2 heterocycles. The average Bonchev–Trinajstić information content (AvgIpc) is 3.42. The van der Waals surface area contributed by atoms with Crippen LogP contribution < -0.4 is 10.6 Å². The molecule has 0 spiro atoms. The summed E-state index contributed by atoms with van der Waals surface area (Å²) in [4.78, 5) is 73.9. The Balaban J connectivity index is 1.80. The molecule has 2 aromatic rings. The molecule has 1 fully saturated rings. The van der Waals surface area contributed by atoms with Crippen molar-refractivity contribution in [2.24, 2.45) is 0 Å². The van der Waals surface area contributed by atoms with Crippen molar-refractivity contribution in [3.8, 4) is 0 Å². The molecule has 6 atom stereocenters. The van der Waals surface area contributed by atoms with Gasteiger partial charge in [0.2, 0.25) is 11.8 Å². The Hall–Kier alpha value is -4.86. The number of ether oxygens (including phenoxy) is 5. The van der Waals surface area contributed by atoms with Gasteiger partial charge in [0.25, 0.3) is 0 Å². The van der Waals surface area contributed by atoms with Gasteiger partial charge in [-0.25, -0.2) is 9.48 Å². The van der Waals surface area contributed by atoms with Gasteiger partial charge in [-0.05, 0) is 26.3 Å². The number of hydrogen-bond acceptors (Lipinski definition) is 13. The lowest BCUT2D eigenvalue weighted by Gasteiger charge is -2.43. The zero-order chi connectivity index (χ0) is 34.2. The summed E-state index contributed by atoms with van der Waals surface area (Å²) in [6, 6.07) is 7.85. The first-order chi connectivity index (χ1) is 21.6. The summed E-state index contributed by atoms with van der Waals surface area (Å²) in [6.45, 7) is 9.21. The lowest BCUT2D eigenvalue weighted by atomic mass is 9.98. The molecule has 1 aliphatic heterocycles. The molecule has 3 rings (SSSR count). The van der Waals surface area contributed by atoms with E-state index < -0.39 is 77.9 Å². The molecule has 1 aromatic carbocycles. The Bertz CT molecular complexity index is 1430. The molecule has 0 radical (unpaired) electrons. The summed E-state index contributed by atoms with van der Waals surface area (Å²) in [7, 11) is 0. The zero-order valence-corrected chi connectivity index (χ0v) is 26.7. The Morgan fingerprint density at radius 2 is 1.50 bits per heavy atom. The number of esters is 4. The number of rotatable bonds is 12. The van der Waals surface area contributed by atoms with Gasteiger partial charge in [-0.3, -0.25) is 24.0 Å². The second-order valence-corrected chi connectivity index (χ2v) is 11.3. The van der Waals surface area contributed by atoms with Crippen molar-refractivity contribution in [3.05, 3.63) is 47.8 Å². The van der Waals surface area contributed by atoms with Crippen molar-refractivity contribution < 1.29 is 52.5 Å². The molecule has 0 saturated carbocycles. The fourth-order valence-corrected chi connectivity index (χ4v) is 4.75. The maximum absolute atomic E-state index is 13.3. The molecule has 16 heteroatoms. The SMILES string of the molecule is CC(=O)N[C@@H](Cc1cn([C@H]2O[C@@H](C)[C@@H](OC(C)=O)[C@@H](OC(C)=O)[C@@H]2OC(C)=O)nn1)C(=O)NC(C)(C)C(=O)OCc1ccccc1. The minimum Gasteiger partial charge on any atom is -0.459 e. The number of carbonyl (C=O) groups excluding carboxylic acids is 6. The molecular weight excluding hydrogens is 606 g/mol. The lowest BCUT2D eigenvalue weighted by Crippen LogP contribution is -2.58. The summed E-state index contributed by atoms with van der Waals surface area (Å²) in [5.74, 6) is -4.02. The van der Waals surface area contributed by atoms with Gasteiger partial charge in [-0.2, -0.15) is 0 Å². The van der Waals surface area contributed by atoms with Gasteiger partial charge >= 0.3 is 23.9 Å². The number of amides is 2. The van der Waals surface area contributed by atoms with E-state index in [0.29, 0.717) is 0 Å². The molecule has 16 nitrogen and oxygen atoms in total. The van der Waals surface area contributed by atoms with Gasteiger partial charge in [0, 0.05) is 34.1 Å². The molecule has 1 saturated heterocycles. The van der Waals surface area contributed by atoms with Crippen LogP contribution in [-0.2, 0) is 65.5 Å². The number of nitrogens with zero attached hydrogens (tertiary/aromatic N) is 3. The second kappa shape index (κ2) is 15.4. The number of benzene rings is 1. The van der Waals surface area contributed by atoms with Crippen molar-refractivity contribution in [3.63, 3.8) is 0 Å². The molecule has 46 heavy (non-hydrogen) atoms. The zero-order valence-electron chi connectivity index (χ0n) is 26.7. The first kappa shape index (κ1) is 35.6. The van der Waals surface area contributed by atoms with Crippen LogP contribution in [0.3, 0.4) is 0 Å². The van der Waals surface area contributed by atoms with Crippen molar-refractivity contribution in [1.82, 2.24) is 25.6 Å². The lowest BCUT2D eigenvalue weighted by molar-refractivity contribution is -0.261. The van der Waals surface area contributed by atoms with E-state index in [4.69, 9.17) is 23.7 Å². The van der Waals surface area contributed by atoms with Crippen LogP contribution in [0.15, 0.2) is 36.5 Å². The van der Waals surface area contributed by atoms with E-state index in [2.05, 4.69) is 20.9 Å². The minimum absolute atomic E-state index is 0.00727. The molecule has 2 N–H and O–H groups in total. The van der Waals surface area contributed by atoms with E-state index in [1.54, 1.807) is 31.2 Å². The molecule has 1 aliphatic rings. The number of hydrogen-bond donors (Lipinski definition) is 2. The predicted molar refractivity (Wildman–Crippen MR) is 156 cm³/mol. The Morgan fingerprint density at radius 3 is 2.09 bits per heavy atom. The number of carbonyl (C=O) groups is 6. The van der Waals surface area contributed by atoms with Gasteiger partial charge in [0.05, 0.1) is 18.0 Å². The quantitative estimate of drug-likeness (QED) is 0.241. The molecule has 250 valence electrons. The number of nitrogens with one attached hydrogen (secondary N) is 2. The fourth-order valence-electron chi connectivity index (χ4n) is 4.75. The highest BCUT2D eigenvalue weighted by Crippen LogP contribution is 2.34. The number of aromatic nitrogens is 3. The van der Waals surface area contributed by atoms with Crippen molar-refractivity contribution in [1.29, 1.82) is 0 Å². The van der Waals surface area contributed by atoms with Crippen LogP contribution in [0.4, 0.5) is 0 Å². The van der Waals surface area contributed by atoms with E-state index in [9.17, 15) is 28.8 Å². The molecule has 1 aromatic heterocycles. The largest absolute Gasteiger partial charge is 0.459 e. The monoisotopic (exact) mass is 645 g/mol. The van der Waals surface area contributed by atoms with E-state index >= 15 is 0 Å². The highest BCUT2D eigenvalue weighted by molar-refractivity contribution is 5.92. The first-order valence-corrected chi connectivity index (χ1v) is 14.5. The van der Waals surface area contributed by atoms with Crippen molar-refractivity contribution in [2.45, 2.75) is 104 Å². The fraction of sp³-hybridized carbons (Fsp3) is 0.533. The van der Waals surface area contributed by atoms with E-state index in [-0.39, 0.29) is 18.7 Å². The molecule has 2 amide bonds. The molecular formula is C30H39N5O11. The third-order valence-corrected chi connectivity index (χ3v) is 6.74. The van der Waals surface area contributed by atoms with E-state index in [1.165, 1.54) is 38.6 Å². The molecule has 0 bridgehead atoms. The van der Waals surface area contributed by atoms with Gasteiger partial charge in [-0.15, -0.1) is 5.10 Å². The van der Waals surface area contributed by atoms with E-state index in [0.717, 1.165) is 19.4 Å². The van der Waals surface area contributed by atoms with Gasteiger partial charge in [0.15, 0.2) is 24.5 Å². The molecule has 0 aliphatic carbocycles.